The Hall–Kier alpha value is -4.96. The largest absolute Gasteiger partial charge is 0.497 e. The molecule has 2 aliphatic rings. The number of benzene rings is 5. The Morgan fingerprint density at radius 2 is 1.56 bits per heavy atom. The number of fused-ring (bicyclic) bond motifs is 1. The standard InChI is InChI=1S/C35H36ClNO3S.C18H22N2O/c1-34(2,40)30-9-4-3-7-25(30)13-17-32(41-23-35(18-19-35)22-33(38)39)27-8-5-6-24(20-27)10-15-29-16-12-26-11-14-28(36)21-31(26)37-29;1-21-17-9-7-16(8-10-17)18(15-5-3-2-4-6-15)20-13-11-19-12-14-20/h3-12,14-16,20-21,32,40H,13,17-19,22-23H2,1-2H3,(H,38,39);2-10,18-19H,11-14H2,1H3/b15-10+;/t32-;/m1./s1. The van der Waals surface area contributed by atoms with Crippen LogP contribution in [0, 0.1) is 5.41 Å². The number of nitrogens with one attached hydrogen (secondary N) is 1. The molecule has 3 N–H and O–H groups in total. The number of aromatic nitrogens is 1. The molecule has 7 nitrogen and oxygen atoms in total. The first kappa shape index (κ1) is 45.1. The third-order valence-electron chi connectivity index (χ3n) is 11.9. The summed E-state index contributed by atoms with van der Waals surface area (Å²) in [6, 6.07) is 46.0. The zero-order valence-corrected chi connectivity index (χ0v) is 37.5. The van der Waals surface area contributed by atoms with Gasteiger partial charge in [0.1, 0.15) is 5.75 Å². The normalized spacial score (nSPS) is 16.0. The predicted molar refractivity (Wildman–Crippen MR) is 257 cm³/mol. The van der Waals surface area contributed by atoms with Crippen LogP contribution in [0.2, 0.25) is 5.02 Å². The van der Waals surface area contributed by atoms with Crippen molar-refractivity contribution in [1.29, 1.82) is 0 Å². The van der Waals surface area contributed by atoms with Crippen LogP contribution in [0.1, 0.15) is 89.9 Å². The van der Waals surface area contributed by atoms with Gasteiger partial charge in [-0.25, -0.2) is 4.98 Å². The number of aliphatic carboxylic acids is 1. The number of nitrogens with zero attached hydrogens (tertiary/aromatic N) is 2. The van der Waals surface area contributed by atoms with E-state index >= 15 is 0 Å². The van der Waals surface area contributed by atoms with Gasteiger partial charge in [-0.15, -0.1) is 0 Å². The maximum absolute atomic E-state index is 11.5. The summed E-state index contributed by atoms with van der Waals surface area (Å²) in [5.74, 6) is 1.03. The number of rotatable bonds is 16. The zero-order chi connectivity index (χ0) is 43.5. The highest BCUT2D eigenvalue weighted by Crippen LogP contribution is 2.53. The first-order chi connectivity index (χ1) is 30.0. The van der Waals surface area contributed by atoms with Crippen LogP contribution in [-0.4, -0.2) is 65.1 Å². The van der Waals surface area contributed by atoms with Crippen molar-refractivity contribution in [2.24, 2.45) is 5.41 Å². The van der Waals surface area contributed by atoms with E-state index in [4.69, 9.17) is 21.3 Å². The molecular formula is C53H58ClN3O4S. The summed E-state index contributed by atoms with van der Waals surface area (Å²) < 4.78 is 5.28. The van der Waals surface area contributed by atoms with Crippen molar-refractivity contribution in [2.75, 3.05) is 39.0 Å². The Morgan fingerprint density at radius 1 is 0.871 bits per heavy atom. The molecule has 0 bridgehead atoms. The Kier molecular flexibility index (Phi) is 15.2. The number of carbonyl (C=O) groups is 1. The lowest BCUT2D eigenvalue weighted by Gasteiger charge is -2.35. The van der Waals surface area contributed by atoms with E-state index < -0.39 is 11.6 Å². The molecule has 1 unspecified atom stereocenters. The topological polar surface area (TPSA) is 94.9 Å². The highest BCUT2D eigenvalue weighted by molar-refractivity contribution is 7.99. The number of pyridine rings is 1. The molecule has 1 saturated heterocycles. The van der Waals surface area contributed by atoms with E-state index in [1.165, 1.54) is 16.7 Å². The summed E-state index contributed by atoms with van der Waals surface area (Å²) in [5, 5.41) is 25.5. The van der Waals surface area contributed by atoms with E-state index in [0.717, 1.165) is 96.7 Å². The molecule has 5 aromatic carbocycles. The van der Waals surface area contributed by atoms with Crippen molar-refractivity contribution in [3.05, 3.63) is 178 Å². The molecule has 0 amide bonds. The van der Waals surface area contributed by atoms with Gasteiger partial charge < -0.3 is 20.3 Å². The number of aliphatic hydroxyl groups is 1. The summed E-state index contributed by atoms with van der Waals surface area (Å²) >= 11 is 8.04. The van der Waals surface area contributed by atoms with Gasteiger partial charge in [0.15, 0.2) is 0 Å². The molecule has 322 valence electrons. The first-order valence-corrected chi connectivity index (χ1v) is 23.0. The average molecular weight is 869 g/mol. The van der Waals surface area contributed by atoms with E-state index in [2.05, 4.69) is 95.2 Å². The van der Waals surface area contributed by atoms with Crippen LogP contribution in [0.4, 0.5) is 0 Å². The minimum atomic E-state index is -0.911. The predicted octanol–water partition coefficient (Wildman–Crippen LogP) is 11.6. The van der Waals surface area contributed by atoms with Crippen molar-refractivity contribution in [1.82, 2.24) is 15.2 Å². The summed E-state index contributed by atoms with van der Waals surface area (Å²) in [6.07, 6.45) is 8.02. The summed E-state index contributed by atoms with van der Waals surface area (Å²) in [4.78, 5) is 18.8. The van der Waals surface area contributed by atoms with E-state index in [1.807, 2.05) is 86.3 Å². The van der Waals surface area contributed by atoms with Crippen LogP contribution in [0.15, 0.2) is 133 Å². The van der Waals surface area contributed by atoms with Gasteiger partial charge in [-0.2, -0.15) is 11.8 Å². The molecule has 2 fully saturated rings. The average Bonchev–Trinajstić information content (AvgIpc) is 4.05. The van der Waals surface area contributed by atoms with Crippen molar-refractivity contribution in [3.63, 3.8) is 0 Å². The molecule has 0 spiro atoms. The fraction of sp³-hybridized carbons (Fsp3) is 0.321. The lowest BCUT2D eigenvalue weighted by molar-refractivity contribution is -0.138. The van der Waals surface area contributed by atoms with Gasteiger partial charge in [0, 0.05) is 47.6 Å². The smallest absolute Gasteiger partial charge is 0.303 e. The number of hydrogen-bond donors (Lipinski definition) is 3. The monoisotopic (exact) mass is 867 g/mol. The second kappa shape index (κ2) is 20.9. The second-order valence-corrected chi connectivity index (χ2v) is 18.7. The van der Waals surface area contributed by atoms with Gasteiger partial charge in [-0.3, -0.25) is 9.69 Å². The maximum Gasteiger partial charge on any atom is 0.303 e. The van der Waals surface area contributed by atoms with E-state index in [-0.39, 0.29) is 17.1 Å². The van der Waals surface area contributed by atoms with Crippen LogP contribution >= 0.6 is 23.4 Å². The molecule has 1 aliphatic heterocycles. The van der Waals surface area contributed by atoms with Crippen molar-refractivity contribution >= 4 is 52.4 Å². The van der Waals surface area contributed by atoms with Crippen molar-refractivity contribution < 1.29 is 19.7 Å². The number of thioether (sulfide) groups is 1. The first-order valence-electron chi connectivity index (χ1n) is 21.6. The van der Waals surface area contributed by atoms with E-state index in [1.54, 1.807) is 7.11 Å². The number of hydrogen-bond acceptors (Lipinski definition) is 7. The van der Waals surface area contributed by atoms with E-state index in [9.17, 15) is 15.0 Å². The van der Waals surface area contributed by atoms with Gasteiger partial charge in [0.25, 0.3) is 0 Å². The fourth-order valence-corrected chi connectivity index (χ4v) is 10.1. The van der Waals surface area contributed by atoms with Crippen LogP contribution in [0.3, 0.4) is 0 Å². The number of piperazine rings is 1. The number of carboxylic acids is 1. The molecule has 1 saturated carbocycles. The van der Waals surface area contributed by atoms with Crippen molar-refractivity contribution in [2.45, 2.75) is 62.8 Å². The zero-order valence-electron chi connectivity index (χ0n) is 36.0. The highest BCUT2D eigenvalue weighted by atomic mass is 35.5. The molecular weight excluding hydrogens is 810 g/mol. The minimum absolute atomic E-state index is 0.0814. The van der Waals surface area contributed by atoms with Crippen LogP contribution in [-0.2, 0) is 16.8 Å². The third-order valence-corrected chi connectivity index (χ3v) is 13.8. The molecule has 2 heterocycles. The van der Waals surface area contributed by atoms with Gasteiger partial charge >= 0.3 is 5.97 Å². The Bertz CT molecular complexity index is 2420. The quantitative estimate of drug-likeness (QED) is 0.0885. The lowest BCUT2D eigenvalue weighted by atomic mass is 9.90. The maximum atomic E-state index is 11.5. The minimum Gasteiger partial charge on any atom is -0.497 e. The summed E-state index contributed by atoms with van der Waals surface area (Å²) in [7, 11) is 1.71. The number of ether oxygens (including phenoxy) is 1. The number of methoxy groups -OCH3 is 1. The number of aryl methyl sites for hydroxylation is 1. The number of carboxylic acid groups (broad SMARTS) is 1. The molecule has 62 heavy (non-hydrogen) atoms. The van der Waals surface area contributed by atoms with Crippen LogP contribution < -0.4 is 10.1 Å². The fourth-order valence-electron chi connectivity index (χ4n) is 8.33. The Labute approximate surface area is 376 Å². The summed E-state index contributed by atoms with van der Waals surface area (Å²) in [5.41, 5.74) is 7.83. The molecule has 9 heteroatoms. The van der Waals surface area contributed by atoms with Crippen LogP contribution in [0.25, 0.3) is 23.1 Å². The summed E-state index contributed by atoms with van der Waals surface area (Å²) in [6.45, 7) is 7.92. The Balaban J connectivity index is 0.000000230. The molecule has 6 aromatic rings. The molecule has 2 atom stereocenters. The molecule has 8 rings (SSSR count). The second-order valence-electron chi connectivity index (χ2n) is 17.1. The molecule has 1 aliphatic carbocycles. The Morgan fingerprint density at radius 3 is 2.27 bits per heavy atom. The molecule has 1 aromatic heterocycles. The van der Waals surface area contributed by atoms with Gasteiger partial charge in [0.2, 0.25) is 0 Å². The SMILES string of the molecule is CC(C)(O)c1ccccc1CC[C@@H](SCC1(CC(=O)O)CC1)c1cccc(/C=C/c2ccc3ccc(Cl)cc3n2)c1.COc1ccc(C(c2ccccc2)N2CCNCC2)cc1. The van der Waals surface area contributed by atoms with Crippen LogP contribution in [0.5, 0.6) is 5.75 Å². The van der Waals surface area contributed by atoms with Gasteiger partial charge in [-0.1, -0.05) is 121 Å². The lowest BCUT2D eigenvalue weighted by Crippen LogP contribution is -2.45. The van der Waals surface area contributed by atoms with Crippen molar-refractivity contribution in [3.8, 4) is 5.75 Å². The van der Waals surface area contributed by atoms with Gasteiger partial charge in [0.05, 0.1) is 36.4 Å². The molecule has 0 radical (unpaired) electrons. The highest BCUT2D eigenvalue weighted by Gasteiger charge is 2.44. The van der Waals surface area contributed by atoms with E-state index in [0.29, 0.717) is 11.1 Å². The van der Waals surface area contributed by atoms with Gasteiger partial charge in [-0.05, 0) is 115 Å². The third kappa shape index (κ3) is 12.4. The number of halogens is 1.